The summed E-state index contributed by atoms with van der Waals surface area (Å²) in [5.41, 5.74) is 2.12. The molecular formula is C22H26N4O. The van der Waals surface area contributed by atoms with Gasteiger partial charge in [-0.2, -0.15) is 0 Å². The number of likely N-dealkylation sites (N-methyl/N-ethyl adjacent to an activating group) is 1. The number of carbonyl (C=O) groups is 1. The summed E-state index contributed by atoms with van der Waals surface area (Å²) in [5.74, 6) is 0.828. The zero-order chi connectivity index (χ0) is 19.4. The molecule has 27 heavy (non-hydrogen) atoms. The van der Waals surface area contributed by atoms with Crippen molar-refractivity contribution in [1.29, 1.82) is 0 Å². The summed E-state index contributed by atoms with van der Waals surface area (Å²) in [7, 11) is 3.75. The molecule has 2 aromatic carbocycles. The van der Waals surface area contributed by atoms with Crippen LogP contribution >= 0.6 is 0 Å². The standard InChI is InChI=1S/C22H26N4O/c1-17-10-12-19(13-11-17)24-22(2,18-8-6-5-7-9-18)21(27)26(4)16-20-23-14-15-25(20)3/h5-15,24H,16H2,1-4H3/t22-/m0/s1. The molecule has 5 nitrogen and oxygen atoms in total. The maximum Gasteiger partial charge on any atom is 0.252 e. The fraction of sp³-hybridized carbons (Fsp3) is 0.273. The van der Waals surface area contributed by atoms with Crippen molar-refractivity contribution in [3.05, 3.63) is 83.9 Å². The lowest BCUT2D eigenvalue weighted by atomic mass is 9.89. The Bertz CT molecular complexity index is 902. The van der Waals surface area contributed by atoms with E-state index in [2.05, 4.69) is 10.3 Å². The normalized spacial score (nSPS) is 13.0. The number of nitrogens with zero attached hydrogens (tertiary/aromatic N) is 3. The number of rotatable bonds is 6. The van der Waals surface area contributed by atoms with Gasteiger partial charge in [0.1, 0.15) is 11.4 Å². The molecule has 1 N–H and O–H groups in total. The van der Waals surface area contributed by atoms with Gasteiger partial charge in [-0.05, 0) is 31.5 Å². The molecule has 1 amide bonds. The van der Waals surface area contributed by atoms with E-state index in [1.807, 2.05) is 93.3 Å². The van der Waals surface area contributed by atoms with Crippen LogP contribution in [0.4, 0.5) is 5.69 Å². The van der Waals surface area contributed by atoms with Crippen molar-refractivity contribution in [2.45, 2.75) is 25.9 Å². The number of imidazole rings is 1. The third-order valence-electron chi connectivity index (χ3n) is 4.87. The molecule has 0 saturated heterocycles. The SMILES string of the molecule is Cc1ccc(N[C@](C)(C(=O)N(C)Cc2nccn2C)c2ccccc2)cc1. The minimum absolute atomic E-state index is 0.0164. The maximum absolute atomic E-state index is 13.5. The van der Waals surface area contributed by atoms with E-state index >= 15 is 0 Å². The number of carbonyl (C=O) groups excluding carboxylic acids is 1. The second-order valence-electron chi connectivity index (χ2n) is 7.10. The number of nitrogens with one attached hydrogen (secondary N) is 1. The van der Waals surface area contributed by atoms with Crippen LogP contribution in [0.15, 0.2) is 67.0 Å². The third kappa shape index (κ3) is 4.03. The summed E-state index contributed by atoms with van der Waals surface area (Å²) in [6.07, 6.45) is 3.63. The molecule has 0 saturated carbocycles. The van der Waals surface area contributed by atoms with Gasteiger partial charge < -0.3 is 14.8 Å². The lowest BCUT2D eigenvalue weighted by molar-refractivity contribution is -0.135. The lowest BCUT2D eigenvalue weighted by Gasteiger charge is -2.35. The van der Waals surface area contributed by atoms with Crippen LogP contribution in [0.1, 0.15) is 23.9 Å². The van der Waals surface area contributed by atoms with Gasteiger partial charge in [-0.1, -0.05) is 48.0 Å². The predicted molar refractivity (Wildman–Crippen MR) is 108 cm³/mol. The predicted octanol–water partition coefficient (Wildman–Crippen LogP) is 3.71. The van der Waals surface area contributed by atoms with Crippen LogP contribution in [0, 0.1) is 6.92 Å². The fourth-order valence-electron chi connectivity index (χ4n) is 3.16. The zero-order valence-corrected chi connectivity index (χ0v) is 16.3. The molecule has 0 spiro atoms. The first-order chi connectivity index (χ1) is 12.9. The Morgan fingerprint density at radius 3 is 2.41 bits per heavy atom. The minimum Gasteiger partial charge on any atom is -0.368 e. The molecule has 1 heterocycles. The van der Waals surface area contributed by atoms with Gasteiger partial charge in [-0.3, -0.25) is 4.79 Å². The molecule has 0 bridgehead atoms. The van der Waals surface area contributed by atoms with Gasteiger partial charge in [-0.25, -0.2) is 4.98 Å². The average Bonchev–Trinajstić information content (AvgIpc) is 3.08. The molecular weight excluding hydrogens is 336 g/mol. The molecule has 0 unspecified atom stereocenters. The van der Waals surface area contributed by atoms with Gasteiger partial charge in [0.25, 0.3) is 5.91 Å². The van der Waals surface area contributed by atoms with Gasteiger partial charge in [0.05, 0.1) is 6.54 Å². The first-order valence-electron chi connectivity index (χ1n) is 9.02. The number of anilines is 1. The average molecular weight is 362 g/mol. The summed E-state index contributed by atoms with van der Waals surface area (Å²) >= 11 is 0. The fourth-order valence-corrected chi connectivity index (χ4v) is 3.16. The highest BCUT2D eigenvalue weighted by Gasteiger charge is 2.37. The monoisotopic (exact) mass is 362 g/mol. The Hall–Kier alpha value is -3.08. The zero-order valence-electron chi connectivity index (χ0n) is 16.3. The van der Waals surface area contributed by atoms with Crippen molar-refractivity contribution in [2.24, 2.45) is 7.05 Å². The molecule has 0 aliphatic carbocycles. The van der Waals surface area contributed by atoms with Gasteiger partial charge in [0, 0.05) is 32.2 Å². The maximum atomic E-state index is 13.5. The summed E-state index contributed by atoms with van der Waals surface area (Å²) < 4.78 is 1.93. The lowest BCUT2D eigenvalue weighted by Crippen LogP contribution is -2.48. The molecule has 5 heteroatoms. The Balaban J connectivity index is 1.92. The molecule has 3 aromatic rings. The van der Waals surface area contributed by atoms with Gasteiger partial charge in [0.2, 0.25) is 0 Å². The van der Waals surface area contributed by atoms with Crippen LogP contribution in [-0.4, -0.2) is 27.4 Å². The van der Waals surface area contributed by atoms with E-state index in [0.717, 1.165) is 17.1 Å². The molecule has 3 rings (SSSR count). The quantitative estimate of drug-likeness (QED) is 0.727. The van der Waals surface area contributed by atoms with Crippen molar-refractivity contribution in [3.8, 4) is 0 Å². The van der Waals surface area contributed by atoms with Crippen molar-refractivity contribution in [2.75, 3.05) is 12.4 Å². The van der Waals surface area contributed by atoms with Crippen LogP contribution in [-0.2, 0) is 23.9 Å². The van der Waals surface area contributed by atoms with Crippen molar-refractivity contribution >= 4 is 11.6 Å². The number of hydrogen-bond acceptors (Lipinski definition) is 3. The van der Waals surface area contributed by atoms with Crippen LogP contribution in [0.5, 0.6) is 0 Å². The van der Waals surface area contributed by atoms with Crippen molar-refractivity contribution in [3.63, 3.8) is 0 Å². The molecule has 0 aliphatic heterocycles. The van der Waals surface area contributed by atoms with E-state index in [1.54, 1.807) is 11.1 Å². The molecule has 1 atom stereocenters. The Morgan fingerprint density at radius 1 is 1.15 bits per heavy atom. The highest BCUT2D eigenvalue weighted by Crippen LogP contribution is 2.29. The van der Waals surface area contributed by atoms with E-state index in [1.165, 1.54) is 5.56 Å². The van der Waals surface area contributed by atoms with Gasteiger partial charge in [0.15, 0.2) is 0 Å². The number of benzene rings is 2. The van der Waals surface area contributed by atoms with Crippen LogP contribution < -0.4 is 5.32 Å². The van der Waals surface area contributed by atoms with E-state index in [4.69, 9.17) is 0 Å². The molecule has 0 aliphatic rings. The number of hydrogen-bond donors (Lipinski definition) is 1. The van der Waals surface area contributed by atoms with Crippen molar-refractivity contribution in [1.82, 2.24) is 14.5 Å². The van der Waals surface area contributed by atoms with Crippen LogP contribution in [0.3, 0.4) is 0 Å². The number of aryl methyl sites for hydroxylation is 2. The first-order valence-corrected chi connectivity index (χ1v) is 9.02. The highest BCUT2D eigenvalue weighted by atomic mass is 16.2. The summed E-state index contributed by atoms with van der Waals surface area (Å²) in [6.45, 7) is 4.42. The second kappa shape index (κ2) is 7.66. The first kappa shape index (κ1) is 18.7. The molecule has 140 valence electrons. The highest BCUT2D eigenvalue weighted by molar-refractivity contribution is 5.90. The minimum atomic E-state index is -0.892. The number of aromatic nitrogens is 2. The summed E-state index contributed by atoms with van der Waals surface area (Å²) in [6, 6.07) is 17.9. The number of amides is 1. The second-order valence-corrected chi connectivity index (χ2v) is 7.10. The molecule has 1 aromatic heterocycles. The largest absolute Gasteiger partial charge is 0.368 e. The van der Waals surface area contributed by atoms with Crippen molar-refractivity contribution < 1.29 is 4.79 Å². The topological polar surface area (TPSA) is 50.2 Å². The molecule has 0 fully saturated rings. The molecule has 0 radical (unpaired) electrons. The Labute approximate surface area is 160 Å². The van der Waals surface area contributed by atoms with E-state index in [0.29, 0.717) is 6.54 Å². The Morgan fingerprint density at radius 2 is 1.81 bits per heavy atom. The smallest absolute Gasteiger partial charge is 0.252 e. The van der Waals surface area contributed by atoms with Gasteiger partial charge in [-0.15, -0.1) is 0 Å². The van der Waals surface area contributed by atoms with E-state index in [-0.39, 0.29) is 5.91 Å². The van der Waals surface area contributed by atoms with E-state index in [9.17, 15) is 4.79 Å². The summed E-state index contributed by atoms with van der Waals surface area (Å²) in [4.78, 5) is 19.6. The third-order valence-corrected chi connectivity index (χ3v) is 4.87. The van der Waals surface area contributed by atoms with Gasteiger partial charge >= 0.3 is 0 Å². The summed E-state index contributed by atoms with van der Waals surface area (Å²) in [5, 5.41) is 3.46. The van der Waals surface area contributed by atoms with E-state index < -0.39 is 5.54 Å². The Kier molecular flexibility index (Phi) is 5.31. The van der Waals surface area contributed by atoms with Crippen LogP contribution in [0.25, 0.3) is 0 Å². The van der Waals surface area contributed by atoms with Crippen LogP contribution in [0.2, 0.25) is 0 Å².